The second kappa shape index (κ2) is 9.68. The quantitative estimate of drug-likeness (QED) is 0.587. The minimum Gasteiger partial charge on any atom is -0.394 e. The molecule has 0 radical (unpaired) electrons. The van der Waals surface area contributed by atoms with E-state index in [4.69, 9.17) is 0 Å². The Hall–Kier alpha value is -3.36. The van der Waals surface area contributed by atoms with E-state index in [1.54, 1.807) is 33.5 Å². The van der Waals surface area contributed by atoms with Crippen LogP contribution in [0.5, 0.6) is 0 Å². The molecule has 4 heterocycles. The second-order valence-electron chi connectivity index (χ2n) is 11.1. The van der Waals surface area contributed by atoms with Crippen LogP contribution in [-0.2, 0) is 20.9 Å². The van der Waals surface area contributed by atoms with Gasteiger partial charge in [0.1, 0.15) is 6.04 Å². The third-order valence-corrected chi connectivity index (χ3v) is 10.5. The van der Waals surface area contributed by atoms with Crippen LogP contribution >= 0.6 is 11.8 Å². The van der Waals surface area contributed by atoms with Crippen LogP contribution in [-0.4, -0.2) is 79.8 Å². The Labute approximate surface area is 233 Å². The maximum atomic E-state index is 14.6. The van der Waals surface area contributed by atoms with Gasteiger partial charge in [-0.2, -0.15) is 0 Å². The van der Waals surface area contributed by atoms with Gasteiger partial charge in [0, 0.05) is 31.4 Å². The van der Waals surface area contributed by atoms with E-state index >= 15 is 0 Å². The summed E-state index contributed by atoms with van der Waals surface area (Å²) in [4.78, 5) is 48.1. The van der Waals surface area contributed by atoms with Crippen molar-refractivity contribution in [1.82, 2.24) is 14.7 Å². The number of nitrogens with zero attached hydrogens (tertiary/aromatic N) is 3. The van der Waals surface area contributed by atoms with Gasteiger partial charge in [-0.3, -0.25) is 14.4 Å². The maximum absolute atomic E-state index is 14.6. The van der Waals surface area contributed by atoms with Gasteiger partial charge in [-0.15, -0.1) is 11.8 Å². The molecule has 2 aromatic rings. The van der Waals surface area contributed by atoms with E-state index < -0.39 is 33.4 Å². The summed E-state index contributed by atoms with van der Waals surface area (Å²) in [5, 5.41) is 10.7. The highest BCUT2D eigenvalue weighted by atomic mass is 32.2. The molecule has 1 spiro atoms. The van der Waals surface area contributed by atoms with Crippen LogP contribution in [0.1, 0.15) is 24.1 Å². The lowest BCUT2D eigenvalue weighted by atomic mass is 9.74. The highest BCUT2D eigenvalue weighted by Gasteiger charge is 2.74. The number of thioether (sulfide) groups is 1. The average molecular weight is 544 g/mol. The molecule has 2 fully saturated rings. The van der Waals surface area contributed by atoms with Gasteiger partial charge in [0.15, 0.2) is 0 Å². The first-order valence-electron chi connectivity index (χ1n) is 13.4. The molecule has 0 aromatic heterocycles. The van der Waals surface area contributed by atoms with Gasteiger partial charge in [-0.05, 0) is 18.1 Å². The number of aliphatic hydroxyl groups is 1. The predicted octanol–water partition coefficient (Wildman–Crippen LogP) is 3.03. The SMILES string of the molecule is CN1CC=C[C@]2(C)S[C@]34C=CCN(Cc5ccccc5)C(=O)C3N([C@H](CO)c3ccccc3)C(=O)[C@@H]4[C@@H]2C1=O. The number of hydrogen-bond donors (Lipinski definition) is 1. The summed E-state index contributed by atoms with van der Waals surface area (Å²) in [6.07, 6.45) is 8.05. The maximum Gasteiger partial charge on any atom is 0.247 e. The Morgan fingerprint density at radius 1 is 0.897 bits per heavy atom. The summed E-state index contributed by atoms with van der Waals surface area (Å²) in [5.41, 5.74) is 1.76. The molecule has 2 aromatic carbocycles. The monoisotopic (exact) mass is 543 g/mol. The van der Waals surface area contributed by atoms with Crippen LogP contribution in [0, 0.1) is 11.8 Å². The van der Waals surface area contributed by atoms with Crippen molar-refractivity contribution in [3.63, 3.8) is 0 Å². The molecule has 0 saturated carbocycles. The van der Waals surface area contributed by atoms with E-state index in [9.17, 15) is 19.5 Å². The first-order chi connectivity index (χ1) is 18.8. The van der Waals surface area contributed by atoms with Crippen LogP contribution < -0.4 is 0 Å². The van der Waals surface area contributed by atoms with Gasteiger partial charge in [0.2, 0.25) is 17.7 Å². The first-order valence-corrected chi connectivity index (χ1v) is 14.2. The third-order valence-electron chi connectivity index (χ3n) is 8.69. The van der Waals surface area contributed by atoms with Crippen molar-refractivity contribution in [2.24, 2.45) is 11.8 Å². The zero-order valence-electron chi connectivity index (χ0n) is 22.1. The lowest BCUT2D eigenvalue weighted by Crippen LogP contribution is -2.54. The molecule has 6 atom stereocenters. The molecule has 1 unspecified atom stereocenters. The Balaban J connectivity index is 1.51. The predicted molar refractivity (Wildman–Crippen MR) is 150 cm³/mol. The molecular formula is C31H33N3O4S. The molecule has 4 aliphatic rings. The largest absolute Gasteiger partial charge is 0.394 e. The van der Waals surface area contributed by atoms with E-state index in [1.165, 1.54) is 0 Å². The lowest BCUT2D eigenvalue weighted by molar-refractivity contribution is -0.147. The molecule has 0 aliphatic carbocycles. The summed E-state index contributed by atoms with van der Waals surface area (Å²) in [5.74, 6) is -1.85. The van der Waals surface area contributed by atoms with Crippen molar-refractivity contribution in [2.75, 3.05) is 26.7 Å². The van der Waals surface area contributed by atoms with Gasteiger partial charge in [-0.1, -0.05) is 85.0 Å². The fourth-order valence-corrected chi connectivity index (χ4v) is 9.08. The average Bonchev–Trinajstić information content (AvgIpc) is 3.22. The molecule has 0 bridgehead atoms. The van der Waals surface area contributed by atoms with Crippen LogP contribution in [0.3, 0.4) is 0 Å². The van der Waals surface area contributed by atoms with Crippen LogP contribution in [0.15, 0.2) is 85.0 Å². The van der Waals surface area contributed by atoms with E-state index in [-0.39, 0.29) is 24.3 Å². The zero-order chi connectivity index (χ0) is 27.4. The van der Waals surface area contributed by atoms with Crippen molar-refractivity contribution >= 4 is 29.5 Å². The standard InChI is InChI=1S/C31H33N3O4S/c1-30-15-9-17-32(2)27(36)24(30)25-28(37)34(23(20-35)22-13-7-4-8-14-22)26-29(38)33(18-10-16-31(25,26)39-30)19-21-11-5-3-6-12-21/h3-16,23-26,35H,17-20H2,1-2H3/t23-,24-,25+,26?,30+,31+/m1/s1. The summed E-state index contributed by atoms with van der Waals surface area (Å²) < 4.78 is -1.59. The highest BCUT2D eigenvalue weighted by Crippen LogP contribution is 2.66. The number of likely N-dealkylation sites (tertiary alicyclic amines) is 1. The second-order valence-corrected chi connectivity index (χ2v) is 12.9. The first kappa shape index (κ1) is 25.9. The Morgan fingerprint density at radius 3 is 2.26 bits per heavy atom. The zero-order valence-corrected chi connectivity index (χ0v) is 23.0. The number of likely N-dealkylation sites (N-methyl/N-ethyl adjacent to an activating group) is 1. The molecule has 7 nitrogen and oxygen atoms in total. The van der Waals surface area contributed by atoms with Gasteiger partial charge < -0.3 is 19.8 Å². The summed E-state index contributed by atoms with van der Waals surface area (Å²) in [6, 6.07) is 17.6. The number of rotatable bonds is 5. The van der Waals surface area contributed by atoms with Crippen molar-refractivity contribution < 1.29 is 19.5 Å². The number of aliphatic hydroxyl groups excluding tert-OH is 1. The number of amides is 3. The van der Waals surface area contributed by atoms with Crippen LogP contribution in [0.4, 0.5) is 0 Å². The summed E-state index contributed by atoms with van der Waals surface area (Å²) in [7, 11) is 1.76. The number of carbonyl (C=O) groups is 3. The summed E-state index contributed by atoms with van der Waals surface area (Å²) in [6.45, 7) is 2.98. The molecule has 202 valence electrons. The number of hydrogen-bond acceptors (Lipinski definition) is 5. The summed E-state index contributed by atoms with van der Waals surface area (Å²) >= 11 is 1.56. The van der Waals surface area contributed by atoms with E-state index in [1.807, 2.05) is 85.8 Å². The van der Waals surface area contributed by atoms with Gasteiger partial charge >= 0.3 is 0 Å². The highest BCUT2D eigenvalue weighted by molar-refractivity contribution is 8.02. The normalized spacial score (nSPS) is 32.5. The molecule has 39 heavy (non-hydrogen) atoms. The fraction of sp³-hybridized carbons (Fsp3) is 0.387. The molecule has 8 heteroatoms. The van der Waals surface area contributed by atoms with Gasteiger partial charge in [0.05, 0.1) is 29.2 Å². The smallest absolute Gasteiger partial charge is 0.247 e. The van der Waals surface area contributed by atoms with Gasteiger partial charge in [-0.25, -0.2) is 0 Å². The Morgan fingerprint density at radius 2 is 1.56 bits per heavy atom. The van der Waals surface area contributed by atoms with Crippen LogP contribution in [0.2, 0.25) is 0 Å². The molecule has 6 rings (SSSR count). The minimum absolute atomic E-state index is 0.0858. The van der Waals surface area contributed by atoms with E-state index in [2.05, 4.69) is 6.08 Å². The topological polar surface area (TPSA) is 81.2 Å². The molecular weight excluding hydrogens is 510 g/mol. The Kier molecular flexibility index (Phi) is 6.43. The van der Waals surface area contributed by atoms with E-state index in [0.29, 0.717) is 19.6 Å². The molecule has 1 N–H and O–H groups in total. The van der Waals surface area contributed by atoms with Crippen LogP contribution in [0.25, 0.3) is 0 Å². The number of carbonyl (C=O) groups excluding carboxylic acids is 3. The van der Waals surface area contributed by atoms with Crippen molar-refractivity contribution in [3.05, 3.63) is 96.1 Å². The van der Waals surface area contributed by atoms with Crippen molar-refractivity contribution in [2.45, 2.75) is 35.0 Å². The third kappa shape index (κ3) is 3.95. The molecule has 3 amide bonds. The Bertz CT molecular complexity index is 1350. The van der Waals surface area contributed by atoms with Gasteiger partial charge in [0.25, 0.3) is 0 Å². The number of fused-ring (bicyclic) bond motifs is 2. The molecule has 4 aliphatic heterocycles. The molecule has 2 saturated heterocycles. The van der Waals surface area contributed by atoms with E-state index in [0.717, 1.165) is 11.1 Å². The fourth-order valence-electron chi connectivity index (χ4n) is 6.94. The van der Waals surface area contributed by atoms with Crippen molar-refractivity contribution in [1.29, 1.82) is 0 Å². The van der Waals surface area contributed by atoms with Crippen molar-refractivity contribution in [3.8, 4) is 0 Å². The lowest BCUT2D eigenvalue weighted by Gasteiger charge is -2.40. The number of benzene rings is 2. The minimum atomic E-state index is -0.945.